The zero-order valence-electron chi connectivity index (χ0n) is 17.0. The van der Waals surface area contributed by atoms with E-state index >= 15 is 0 Å². The quantitative estimate of drug-likeness (QED) is 0.624. The molecular formula is C23H23N5OS. The van der Waals surface area contributed by atoms with Gasteiger partial charge in [0.1, 0.15) is 6.04 Å². The first-order valence-corrected chi connectivity index (χ1v) is 11.1. The number of pyridine rings is 1. The molecule has 2 aliphatic rings. The number of benzene rings is 1. The van der Waals surface area contributed by atoms with Crippen molar-refractivity contribution in [2.45, 2.75) is 43.6 Å². The molecule has 1 atom stereocenters. The Morgan fingerprint density at radius 2 is 1.93 bits per heavy atom. The van der Waals surface area contributed by atoms with Crippen molar-refractivity contribution in [3.05, 3.63) is 77.3 Å². The molecule has 30 heavy (non-hydrogen) atoms. The van der Waals surface area contributed by atoms with Crippen LogP contribution in [0.1, 0.15) is 44.0 Å². The molecule has 3 aromatic rings. The molecule has 0 saturated heterocycles. The van der Waals surface area contributed by atoms with E-state index in [0.717, 1.165) is 29.1 Å². The topological polar surface area (TPSA) is 72.7 Å². The highest BCUT2D eigenvalue weighted by Crippen LogP contribution is 2.45. The monoisotopic (exact) mass is 417 g/mol. The van der Waals surface area contributed by atoms with Crippen molar-refractivity contribution in [2.24, 2.45) is 5.41 Å². The Hall–Kier alpha value is -2.93. The summed E-state index contributed by atoms with van der Waals surface area (Å²) in [4.78, 5) is 22.5. The molecule has 7 heteroatoms. The summed E-state index contributed by atoms with van der Waals surface area (Å²) in [6.07, 6.45) is 3.09. The van der Waals surface area contributed by atoms with Gasteiger partial charge in [0.05, 0.1) is 5.69 Å². The third kappa shape index (κ3) is 3.54. The van der Waals surface area contributed by atoms with Crippen molar-refractivity contribution in [3.63, 3.8) is 0 Å². The molecule has 5 rings (SSSR count). The van der Waals surface area contributed by atoms with E-state index in [0.29, 0.717) is 17.5 Å². The normalized spacial score (nSPS) is 19.8. The summed E-state index contributed by atoms with van der Waals surface area (Å²) < 4.78 is 1.82. The lowest BCUT2D eigenvalue weighted by atomic mass is 9.73. The van der Waals surface area contributed by atoms with Crippen LogP contribution in [0.3, 0.4) is 0 Å². The van der Waals surface area contributed by atoms with Gasteiger partial charge in [0, 0.05) is 29.6 Å². The number of nitrogens with one attached hydrogen (secondary N) is 1. The summed E-state index contributed by atoms with van der Waals surface area (Å²) >= 11 is 1.59. The van der Waals surface area contributed by atoms with E-state index in [4.69, 9.17) is 10.1 Å². The van der Waals surface area contributed by atoms with Crippen LogP contribution in [0.4, 0.5) is 5.95 Å². The molecule has 1 aliphatic heterocycles. The van der Waals surface area contributed by atoms with Gasteiger partial charge in [0.15, 0.2) is 5.78 Å². The van der Waals surface area contributed by atoms with Gasteiger partial charge >= 0.3 is 0 Å². The van der Waals surface area contributed by atoms with E-state index in [2.05, 4.69) is 36.3 Å². The molecule has 0 radical (unpaired) electrons. The molecule has 1 N–H and O–H groups in total. The second-order valence-corrected chi connectivity index (χ2v) is 9.49. The van der Waals surface area contributed by atoms with Crippen LogP contribution in [0.15, 0.2) is 71.2 Å². The molecule has 1 aromatic carbocycles. The predicted octanol–water partition coefficient (Wildman–Crippen LogP) is 4.62. The summed E-state index contributed by atoms with van der Waals surface area (Å²) in [5, 5.41) is 8.86. The number of thioether (sulfide) groups is 1. The van der Waals surface area contributed by atoms with Gasteiger partial charge < -0.3 is 5.32 Å². The maximum absolute atomic E-state index is 13.2. The second-order valence-electron chi connectivity index (χ2n) is 8.55. The van der Waals surface area contributed by atoms with Crippen LogP contribution in [0.5, 0.6) is 0 Å². The second kappa shape index (κ2) is 7.40. The van der Waals surface area contributed by atoms with Gasteiger partial charge in [-0.2, -0.15) is 4.98 Å². The Morgan fingerprint density at radius 1 is 1.13 bits per heavy atom. The van der Waals surface area contributed by atoms with Crippen LogP contribution in [0.2, 0.25) is 0 Å². The van der Waals surface area contributed by atoms with Gasteiger partial charge in [0.2, 0.25) is 11.1 Å². The molecule has 1 aliphatic carbocycles. The zero-order chi connectivity index (χ0) is 20.7. The van der Waals surface area contributed by atoms with Crippen molar-refractivity contribution >= 4 is 23.5 Å². The SMILES string of the molecule is CC1(C)CC(=O)C2=C(C1)Nc1nc(SCc3ccccc3)nn1C2c1ccccn1. The standard InChI is InChI=1S/C23H23N5OS/c1-23(2)12-17-19(18(29)13-23)20(16-10-6-7-11-24-16)28-21(25-17)26-22(27-28)30-14-15-8-4-3-5-9-15/h3-11,20H,12-14H2,1-2H3,(H,25,26,27). The number of Topliss-reactive ketones (excluding diaryl/α,β-unsaturated/α-hetero) is 1. The largest absolute Gasteiger partial charge is 0.328 e. The van der Waals surface area contributed by atoms with Crippen molar-refractivity contribution < 1.29 is 4.79 Å². The number of anilines is 1. The molecule has 2 aromatic heterocycles. The van der Waals surface area contributed by atoms with E-state index in [-0.39, 0.29) is 17.2 Å². The molecule has 0 amide bonds. The van der Waals surface area contributed by atoms with Crippen molar-refractivity contribution in [1.82, 2.24) is 19.7 Å². The Labute approximate surface area is 179 Å². The third-order valence-corrected chi connectivity index (χ3v) is 6.40. The average Bonchev–Trinajstić information content (AvgIpc) is 3.13. The number of carbonyl (C=O) groups is 1. The molecule has 3 heterocycles. The van der Waals surface area contributed by atoms with E-state index < -0.39 is 0 Å². The summed E-state index contributed by atoms with van der Waals surface area (Å²) in [6.45, 7) is 4.26. The Kier molecular flexibility index (Phi) is 4.70. The van der Waals surface area contributed by atoms with Gasteiger partial charge in [-0.05, 0) is 29.5 Å². The Bertz CT molecular complexity index is 1120. The highest BCUT2D eigenvalue weighted by atomic mass is 32.2. The maximum Gasteiger partial charge on any atom is 0.227 e. The van der Waals surface area contributed by atoms with Crippen LogP contribution >= 0.6 is 11.8 Å². The van der Waals surface area contributed by atoms with Crippen molar-refractivity contribution in [3.8, 4) is 0 Å². The van der Waals surface area contributed by atoms with Crippen molar-refractivity contribution in [1.29, 1.82) is 0 Å². The summed E-state index contributed by atoms with van der Waals surface area (Å²) in [5.74, 6) is 1.62. The third-order valence-electron chi connectivity index (χ3n) is 5.49. The summed E-state index contributed by atoms with van der Waals surface area (Å²) in [7, 11) is 0. The number of carbonyl (C=O) groups excluding carboxylic acids is 1. The van der Waals surface area contributed by atoms with E-state index in [1.54, 1.807) is 18.0 Å². The maximum atomic E-state index is 13.2. The van der Waals surface area contributed by atoms with E-state index in [1.807, 2.05) is 41.1 Å². The molecule has 6 nitrogen and oxygen atoms in total. The Balaban J connectivity index is 1.53. The first-order chi connectivity index (χ1) is 14.5. The minimum absolute atomic E-state index is 0.0787. The fraction of sp³-hybridized carbons (Fsp3) is 0.304. The Morgan fingerprint density at radius 3 is 2.70 bits per heavy atom. The van der Waals surface area contributed by atoms with Gasteiger partial charge in [-0.15, -0.1) is 5.10 Å². The van der Waals surface area contributed by atoms with Crippen LogP contribution < -0.4 is 5.32 Å². The van der Waals surface area contributed by atoms with Crippen molar-refractivity contribution in [2.75, 3.05) is 5.32 Å². The summed E-state index contributed by atoms with van der Waals surface area (Å²) in [6, 6.07) is 15.7. The van der Waals surface area contributed by atoms with Gasteiger partial charge in [0.25, 0.3) is 0 Å². The lowest BCUT2D eigenvalue weighted by Crippen LogP contribution is -2.36. The minimum Gasteiger partial charge on any atom is -0.328 e. The minimum atomic E-state index is -0.348. The highest BCUT2D eigenvalue weighted by Gasteiger charge is 2.42. The molecule has 152 valence electrons. The summed E-state index contributed by atoms with van der Waals surface area (Å²) in [5.41, 5.74) is 3.67. The zero-order valence-corrected chi connectivity index (χ0v) is 17.8. The number of hydrogen-bond acceptors (Lipinski definition) is 6. The highest BCUT2D eigenvalue weighted by molar-refractivity contribution is 7.98. The number of aromatic nitrogens is 4. The average molecular weight is 418 g/mol. The number of fused-ring (bicyclic) bond motifs is 1. The lowest BCUT2D eigenvalue weighted by Gasteiger charge is -2.37. The van der Waals surface area contributed by atoms with Crippen LogP contribution in [0, 0.1) is 5.41 Å². The first-order valence-electron chi connectivity index (χ1n) is 10.1. The van der Waals surface area contributed by atoms with Gasteiger partial charge in [-0.1, -0.05) is 62.0 Å². The molecule has 0 bridgehead atoms. The van der Waals surface area contributed by atoms with Crippen LogP contribution in [0.25, 0.3) is 0 Å². The molecule has 0 saturated carbocycles. The fourth-order valence-corrected chi connectivity index (χ4v) is 4.97. The van der Waals surface area contributed by atoms with Gasteiger partial charge in [-0.3, -0.25) is 9.78 Å². The van der Waals surface area contributed by atoms with Crippen LogP contribution in [-0.4, -0.2) is 25.5 Å². The first kappa shape index (κ1) is 19.1. The predicted molar refractivity (Wildman–Crippen MR) is 117 cm³/mol. The molecular weight excluding hydrogens is 394 g/mol. The van der Waals surface area contributed by atoms with Crippen LogP contribution in [-0.2, 0) is 10.5 Å². The smallest absolute Gasteiger partial charge is 0.227 e. The number of allylic oxidation sites excluding steroid dienone is 2. The molecule has 1 unspecified atom stereocenters. The number of ketones is 1. The molecule has 0 spiro atoms. The van der Waals surface area contributed by atoms with E-state index in [1.165, 1.54) is 5.56 Å². The molecule has 0 fully saturated rings. The number of rotatable bonds is 4. The number of nitrogens with zero attached hydrogens (tertiary/aromatic N) is 4. The lowest BCUT2D eigenvalue weighted by molar-refractivity contribution is -0.118. The fourth-order valence-electron chi connectivity index (χ4n) is 4.18. The van der Waals surface area contributed by atoms with E-state index in [9.17, 15) is 4.79 Å². The van der Waals surface area contributed by atoms with Gasteiger partial charge in [-0.25, -0.2) is 4.68 Å². The number of hydrogen-bond donors (Lipinski definition) is 1.